The number of rotatable bonds is 9. The summed E-state index contributed by atoms with van der Waals surface area (Å²) in [6, 6.07) is 24.6. The molecule has 1 atom stereocenters. The number of nitrogens with one attached hydrogen (secondary N) is 2. The van der Waals surface area contributed by atoms with Crippen molar-refractivity contribution in [3.63, 3.8) is 0 Å². The van der Waals surface area contributed by atoms with Crippen LogP contribution in [-0.4, -0.2) is 24.5 Å². The average molecular weight is 417 g/mol. The molecule has 0 saturated heterocycles. The minimum absolute atomic E-state index is 0.222. The molecule has 5 heteroatoms. The molecule has 1 unspecified atom stereocenters. The fraction of sp³-hybridized carbons (Fsp3) is 0.231. The lowest BCUT2D eigenvalue weighted by Crippen LogP contribution is -2.34. The monoisotopic (exact) mass is 416 g/mol. The molecule has 0 bridgehead atoms. The van der Waals surface area contributed by atoms with Crippen LogP contribution in [-0.2, 0) is 11.2 Å². The van der Waals surface area contributed by atoms with E-state index in [9.17, 15) is 9.59 Å². The molecule has 0 aromatic heterocycles. The maximum absolute atomic E-state index is 12.9. The minimum atomic E-state index is -0.657. The van der Waals surface area contributed by atoms with Crippen LogP contribution in [0.3, 0.4) is 0 Å². The minimum Gasteiger partial charge on any atom is -0.480 e. The zero-order chi connectivity index (χ0) is 22.1. The highest BCUT2D eigenvalue weighted by atomic mass is 16.5. The molecule has 0 heterocycles. The van der Waals surface area contributed by atoms with Gasteiger partial charge in [0, 0.05) is 6.54 Å². The van der Waals surface area contributed by atoms with E-state index in [1.165, 1.54) is 0 Å². The number of ether oxygens (including phenoxy) is 1. The lowest BCUT2D eigenvalue weighted by atomic mass is 10.1. The van der Waals surface area contributed by atoms with Gasteiger partial charge in [-0.25, -0.2) is 0 Å². The Morgan fingerprint density at radius 1 is 0.903 bits per heavy atom. The Hall–Kier alpha value is -3.60. The second kappa shape index (κ2) is 11.0. The molecule has 3 aromatic rings. The van der Waals surface area contributed by atoms with E-state index in [2.05, 4.69) is 10.6 Å². The molecular formula is C26H28N2O3. The van der Waals surface area contributed by atoms with Crippen molar-refractivity contribution < 1.29 is 14.3 Å². The van der Waals surface area contributed by atoms with E-state index >= 15 is 0 Å². The van der Waals surface area contributed by atoms with Gasteiger partial charge in [-0.05, 0) is 49.1 Å². The van der Waals surface area contributed by atoms with E-state index < -0.39 is 6.10 Å². The normalized spacial score (nSPS) is 11.4. The summed E-state index contributed by atoms with van der Waals surface area (Å²) in [5.74, 6) is 0.173. The maximum atomic E-state index is 12.9. The molecule has 160 valence electrons. The van der Waals surface area contributed by atoms with E-state index in [1.807, 2.05) is 68.4 Å². The maximum Gasteiger partial charge on any atom is 0.265 e. The summed E-state index contributed by atoms with van der Waals surface area (Å²) < 4.78 is 5.93. The van der Waals surface area contributed by atoms with Crippen LogP contribution in [0.1, 0.15) is 34.8 Å². The van der Waals surface area contributed by atoms with Gasteiger partial charge in [-0.3, -0.25) is 9.59 Å². The fourth-order valence-electron chi connectivity index (χ4n) is 3.23. The smallest absolute Gasteiger partial charge is 0.265 e. The Bertz CT molecular complexity index is 1020. The van der Waals surface area contributed by atoms with Gasteiger partial charge in [0.05, 0.1) is 11.3 Å². The van der Waals surface area contributed by atoms with Crippen molar-refractivity contribution in [1.82, 2.24) is 5.32 Å². The molecule has 0 saturated carbocycles. The second-order valence-electron chi connectivity index (χ2n) is 7.31. The zero-order valence-corrected chi connectivity index (χ0v) is 17.9. The van der Waals surface area contributed by atoms with Gasteiger partial charge in [0.2, 0.25) is 0 Å². The first-order valence-corrected chi connectivity index (χ1v) is 10.5. The zero-order valence-electron chi connectivity index (χ0n) is 17.9. The van der Waals surface area contributed by atoms with E-state index in [0.717, 1.165) is 17.5 Å². The summed E-state index contributed by atoms with van der Waals surface area (Å²) >= 11 is 0. The summed E-state index contributed by atoms with van der Waals surface area (Å²) in [6.45, 7) is 4.35. The lowest BCUT2D eigenvalue weighted by Gasteiger charge is -2.19. The number of carbonyl (C=O) groups is 2. The molecule has 2 N–H and O–H groups in total. The largest absolute Gasteiger partial charge is 0.480 e. The molecule has 5 nitrogen and oxygen atoms in total. The van der Waals surface area contributed by atoms with Gasteiger partial charge in [-0.15, -0.1) is 0 Å². The highest BCUT2D eigenvalue weighted by molar-refractivity contribution is 6.04. The first-order chi connectivity index (χ1) is 15.1. The molecule has 2 amide bonds. The van der Waals surface area contributed by atoms with Crippen LogP contribution >= 0.6 is 0 Å². The van der Waals surface area contributed by atoms with Crippen molar-refractivity contribution in [3.8, 4) is 5.75 Å². The van der Waals surface area contributed by atoms with E-state index in [-0.39, 0.29) is 11.8 Å². The second-order valence-corrected chi connectivity index (χ2v) is 7.31. The molecule has 0 aliphatic heterocycles. The molecule has 0 fully saturated rings. The Morgan fingerprint density at radius 3 is 2.32 bits per heavy atom. The first-order valence-electron chi connectivity index (χ1n) is 10.5. The van der Waals surface area contributed by atoms with Crippen LogP contribution in [0.4, 0.5) is 5.69 Å². The molecule has 3 rings (SSSR count). The number of aryl methyl sites for hydroxylation is 1. The summed E-state index contributed by atoms with van der Waals surface area (Å²) in [5, 5.41) is 5.80. The Balaban J connectivity index is 1.64. The molecular weight excluding hydrogens is 388 g/mol. The molecule has 31 heavy (non-hydrogen) atoms. The van der Waals surface area contributed by atoms with E-state index in [1.54, 1.807) is 24.3 Å². The van der Waals surface area contributed by atoms with Gasteiger partial charge in [-0.2, -0.15) is 0 Å². The standard InChI is InChI=1S/C26H28N2O3/c1-3-23(31-24-16-10-7-11-19(24)2)26(30)28-22-15-9-8-14-21(22)25(29)27-18-17-20-12-5-4-6-13-20/h4-16,23H,3,17-18H2,1-2H3,(H,27,29)(H,28,30). The summed E-state index contributed by atoms with van der Waals surface area (Å²) in [6.07, 6.45) is 0.588. The van der Waals surface area contributed by atoms with Crippen LogP contribution < -0.4 is 15.4 Å². The molecule has 0 aliphatic rings. The molecule has 0 radical (unpaired) electrons. The number of para-hydroxylation sites is 2. The predicted molar refractivity (Wildman–Crippen MR) is 123 cm³/mol. The third-order valence-corrected chi connectivity index (χ3v) is 5.00. The van der Waals surface area contributed by atoms with Crippen molar-refractivity contribution in [2.45, 2.75) is 32.8 Å². The van der Waals surface area contributed by atoms with Gasteiger partial charge in [0.25, 0.3) is 11.8 Å². The van der Waals surface area contributed by atoms with Gasteiger partial charge < -0.3 is 15.4 Å². The van der Waals surface area contributed by atoms with Crippen LogP contribution in [0.15, 0.2) is 78.9 Å². The molecule has 3 aromatic carbocycles. The van der Waals surface area contributed by atoms with Crippen molar-refractivity contribution >= 4 is 17.5 Å². The third-order valence-electron chi connectivity index (χ3n) is 5.00. The van der Waals surface area contributed by atoms with E-state index in [0.29, 0.717) is 30.0 Å². The van der Waals surface area contributed by atoms with Gasteiger partial charge in [-0.1, -0.05) is 67.6 Å². The highest BCUT2D eigenvalue weighted by Gasteiger charge is 2.21. The van der Waals surface area contributed by atoms with E-state index in [4.69, 9.17) is 4.74 Å². The quantitative estimate of drug-likeness (QED) is 0.528. The van der Waals surface area contributed by atoms with Gasteiger partial charge >= 0.3 is 0 Å². The number of amides is 2. The fourth-order valence-corrected chi connectivity index (χ4v) is 3.23. The van der Waals surface area contributed by atoms with Crippen molar-refractivity contribution in [1.29, 1.82) is 0 Å². The topological polar surface area (TPSA) is 67.4 Å². The Kier molecular flexibility index (Phi) is 7.82. The van der Waals surface area contributed by atoms with Gasteiger partial charge in [0.15, 0.2) is 6.10 Å². The third kappa shape index (κ3) is 6.19. The molecule has 0 aliphatic carbocycles. The Morgan fingerprint density at radius 2 is 1.58 bits per heavy atom. The highest BCUT2D eigenvalue weighted by Crippen LogP contribution is 2.21. The number of anilines is 1. The number of hydrogen-bond donors (Lipinski definition) is 2. The van der Waals surface area contributed by atoms with Crippen LogP contribution in [0.5, 0.6) is 5.75 Å². The van der Waals surface area contributed by atoms with Crippen LogP contribution in [0, 0.1) is 6.92 Å². The SMILES string of the molecule is CCC(Oc1ccccc1C)C(=O)Nc1ccccc1C(=O)NCCc1ccccc1. The van der Waals surface area contributed by atoms with Crippen molar-refractivity contribution in [2.75, 3.05) is 11.9 Å². The molecule has 0 spiro atoms. The van der Waals surface area contributed by atoms with Crippen LogP contribution in [0.2, 0.25) is 0 Å². The number of hydrogen-bond acceptors (Lipinski definition) is 3. The summed E-state index contributed by atoms with van der Waals surface area (Å²) in [7, 11) is 0. The lowest BCUT2D eigenvalue weighted by molar-refractivity contribution is -0.122. The van der Waals surface area contributed by atoms with Crippen LogP contribution in [0.25, 0.3) is 0 Å². The Labute approximate surface area is 183 Å². The van der Waals surface area contributed by atoms with Crippen molar-refractivity contribution in [2.24, 2.45) is 0 Å². The first kappa shape index (κ1) is 22.1. The number of carbonyl (C=O) groups excluding carboxylic acids is 2. The average Bonchev–Trinajstić information content (AvgIpc) is 2.79. The number of benzene rings is 3. The predicted octanol–water partition coefficient (Wildman–Crippen LogP) is 4.76. The van der Waals surface area contributed by atoms with Gasteiger partial charge in [0.1, 0.15) is 5.75 Å². The summed E-state index contributed by atoms with van der Waals surface area (Å²) in [4.78, 5) is 25.6. The summed E-state index contributed by atoms with van der Waals surface area (Å²) in [5.41, 5.74) is 3.02. The van der Waals surface area contributed by atoms with Crippen molar-refractivity contribution in [3.05, 3.63) is 95.6 Å².